The first-order valence-corrected chi connectivity index (χ1v) is 45.4. The van der Waals surface area contributed by atoms with E-state index in [0.717, 1.165) is 118 Å². The van der Waals surface area contributed by atoms with E-state index < -0.39 is 332 Å². The largest absolute Gasteiger partial charge is 0.477 e. The molecule has 46 heteroatoms. The first kappa shape index (κ1) is 113. The lowest BCUT2D eigenvalue weighted by Crippen LogP contribution is -2.72. The molecule has 0 saturated carbocycles. The van der Waals surface area contributed by atoms with Crippen molar-refractivity contribution in [3.8, 4) is 0 Å². The molecule has 6 aliphatic rings. The minimum absolute atomic E-state index is 0.105. The zero-order chi connectivity index (χ0) is 96.7. The summed E-state index contributed by atoms with van der Waals surface area (Å²) in [6.07, 6.45) is -43.4. The number of hydrogen-bond acceptors (Lipinski definition) is 39. The molecule has 6 heterocycles. The van der Waals surface area contributed by atoms with Gasteiger partial charge in [0.2, 0.25) is 23.6 Å². The summed E-state index contributed by atoms with van der Waals surface area (Å²) in [4.78, 5) is 106. The molecule has 26 N–H and O–H groups in total. The van der Waals surface area contributed by atoms with Crippen LogP contribution >= 0.6 is 0 Å². The summed E-state index contributed by atoms with van der Waals surface area (Å²) < 4.78 is 71.9. The second-order valence-electron chi connectivity index (χ2n) is 35.0. The van der Waals surface area contributed by atoms with Gasteiger partial charge >= 0.3 is 17.9 Å². The van der Waals surface area contributed by atoms with Crippen LogP contribution in [-0.4, -0.2) is 413 Å². The molecule has 0 radical (unpaired) electrons. The number of nitrogens with one attached hydrogen (secondary N) is 4. The van der Waals surface area contributed by atoms with Crippen LogP contribution in [0.5, 0.6) is 0 Å². The van der Waals surface area contributed by atoms with Crippen molar-refractivity contribution in [2.24, 2.45) is 5.92 Å². The second-order valence-corrected chi connectivity index (χ2v) is 35.0. The lowest BCUT2D eigenvalue weighted by molar-refractivity contribution is -0.404. The van der Waals surface area contributed by atoms with E-state index in [-0.39, 0.29) is 12.8 Å². The Balaban J connectivity index is 1.34. The number of hydrogen-bond donors (Lipinski definition) is 26. The molecule has 0 aromatic carbocycles. The standard InChI is InChI=1S/C84H146N4O42/c1-7-9-11-13-15-17-18-19-20-22-23-25-27-29-48(99)47(88-58(104)30-28-26-24-21-16-14-12-10-8-2)41-119-77-68(111)67(110)70(56(39-93)121-77)123-78-69(112)75(71(57(40-94)122-78)124-76-46(31-42(3)95)62(105)64(107)53(36-90)120-76)130-84(81(117)118)34-51(102)61(87-45(6)98)74(129-84)66(109)55(38-92)126-83(80(115)116)33-50(101)60(86-44(5)97)73(128-83)65(108)54(37-91)125-82(79(113)114)32-49(100)59(85-43(4)96)72(127-82)63(106)52(103)35-89/h46-57,59-78,89-94,99-103,105-112H,7-41H2,1-6H3,(H,85,96)(H,86,97)(H,87,98)(H,88,104)(H,113,114)(H,115,116)(H,117,118). The van der Waals surface area contributed by atoms with E-state index >= 15 is 0 Å². The van der Waals surface area contributed by atoms with Gasteiger partial charge in [-0.1, -0.05) is 149 Å². The predicted octanol–water partition coefficient (Wildman–Crippen LogP) is -5.55. The molecular formula is C84H146N4O42. The van der Waals surface area contributed by atoms with Crippen LogP contribution in [0.25, 0.3) is 0 Å². The van der Waals surface area contributed by atoms with Crippen LogP contribution in [0.1, 0.15) is 221 Å². The molecule has 0 aromatic heterocycles. The summed E-state index contributed by atoms with van der Waals surface area (Å²) in [5, 5.41) is 261. The van der Waals surface area contributed by atoms with Crippen LogP contribution in [-0.2, 0) is 95.2 Å². The number of aliphatic hydroxyl groups is 19. The van der Waals surface area contributed by atoms with E-state index in [0.29, 0.717) is 12.8 Å². The minimum atomic E-state index is -3.70. The molecule has 6 fully saturated rings. The number of carboxylic acids is 3. The molecule has 46 nitrogen and oxygen atoms in total. The quantitative estimate of drug-likeness (QED) is 0.0253. The zero-order valence-corrected chi connectivity index (χ0v) is 74.7. The molecule has 0 bridgehead atoms. The van der Waals surface area contributed by atoms with Crippen molar-refractivity contribution in [1.29, 1.82) is 0 Å². The minimum Gasteiger partial charge on any atom is -0.477 e. The van der Waals surface area contributed by atoms with Crippen molar-refractivity contribution in [2.45, 2.75) is 428 Å². The van der Waals surface area contributed by atoms with E-state index in [9.17, 15) is 151 Å². The molecule has 35 unspecified atom stereocenters. The van der Waals surface area contributed by atoms with E-state index in [1.807, 2.05) is 0 Å². The van der Waals surface area contributed by atoms with Gasteiger partial charge in [0, 0.05) is 58.8 Å². The van der Waals surface area contributed by atoms with Gasteiger partial charge < -0.3 is 195 Å². The maximum atomic E-state index is 14.4. The molecule has 6 saturated heterocycles. The van der Waals surface area contributed by atoms with Gasteiger partial charge in [-0.25, -0.2) is 14.4 Å². The summed E-state index contributed by atoms with van der Waals surface area (Å²) in [7, 11) is 0. The topological polar surface area (TPSA) is 741 Å². The number of ketones is 1. The number of carbonyl (C=O) groups is 8. The van der Waals surface area contributed by atoms with Gasteiger partial charge in [0.05, 0.1) is 101 Å². The average Bonchev–Trinajstić information content (AvgIpc) is 0.739. The normalized spacial score (nSPS) is 35.0. The summed E-state index contributed by atoms with van der Waals surface area (Å²) >= 11 is 0. The Morgan fingerprint density at radius 1 is 0.408 bits per heavy atom. The third kappa shape index (κ3) is 31.4. The van der Waals surface area contributed by atoms with Crippen LogP contribution < -0.4 is 21.3 Å². The Bertz CT molecular complexity index is 3400. The summed E-state index contributed by atoms with van der Waals surface area (Å²) in [5.74, 6) is -23.5. The van der Waals surface area contributed by atoms with Gasteiger partial charge in [-0.3, -0.25) is 19.2 Å². The highest BCUT2D eigenvalue weighted by Gasteiger charge is 2.65. The molecule has 6 aliphatic heterocycles. The van der Waals surface area contributed by atoms with Gasteiger partial charge in [0.1, 0.15) is 122 Å². The number of carbonyl (C=O) groups excluding carboxylic acids is 5. The molecule has 4 amide bonds. The molecule has 754 valence electrons. The lowest BCUT2D eigenvalue weighted by Gasteiger charge is -2.53. The first-order chi connectivity index (χ1) is 61.6. The third-order valence-electron chi connectivity index (χ3n) is 24.6. The van der Waals surface area contributed by atoms with Crippen LogP contribution in [0.2, 0.25) is 0 Å². The number of aliphatic carboxylic acids is 3. The van der Waals surface area contributed by atoms with E-state index in [4.69, 9.17) is 56.8 Å². The highest BCUT2D eigenvalue weighted by molar-refractivity contribution is 5.79. The molecule has 130 heavy (non-hydrogen) atoms. The van der Waals surface area contributed by atoms with Gasteiger partial charge in [-0.15, -0.1) is 0 Å². The monoisotopic (exact) mass is 1880 g/mol. The van der Waals surface area contributed by atoms with E-state index in [2.05, 4.69) is 35.1 Å². The highest BCUT2D eigenvalue weighted by Crippen LogP contribution is 2.45. The fourth-order valence-electron chi connectivity index (χ4n) is 17.5. The fraction of sp³-hybridized carbons (Fsp3) is 0.905. The Kier molecular flexibility index (Phi) is 48.2. The van der Waals surface area contributed by atoms with Crippen LogP contribution in [0.4, 0.5) is 0 Å². The van der Waals surface area contributed by atoms with E-state index in [1.54, 1.807) is 0 Å². The number of carboxylic acid groups (broad SMARTS) is 3. The van der Waals surface area contributed by atoms with Gasteiger partial charge in [0.15, 0.2) is 18.9 Å². The molecule has 35 atom stereocenters. The van der Waals surface area contributed by atoms with Gasteiger partial charge in [-0.2, -0.15) is 0 Å². The Hall–Kier alpha value is -5.28. The Labute approximate surface area is 753 Å². The molecule has 0 aliphatic carbocycles. The van der Waals surface area contributed by atoms with Gasteiger partial charge in [0.25, 0.3) is 17.4 Å². The Morgan fingerprint density at radius 2 is 0.792 bits per heavy atom. The number of ether oxygens (including phenoxy) is 12. The maximum Gasteiger partial charge on any atom is 0.364 e. The molecular weight excluding hydrogens is 1740 g/mol. The highest BCUT2D eigenvalue weighted by atomic mass is 16.8. The first-order valence-electron chi connectivity index (χ1n) is 45.4. The number of Topliss-reactive ketones (excluding diaryl/α,β-unsaturated/α-hetero) is 1. The van der Waals surface area contributed by atoms with Crippen LogP contribution in [0.3, 0.4) is 0 Å². The van der Waals surface area contributed by atoms with Crippen molar-refractivity contribution in [1.82, 2.24) is 21.3 Å². The van der Waals surface area contributed by atoms with E-state index in [1.165, 1.54) is 38.5 Å². The summed E-state index contributed by atoms with van der Waals surface area (Å²) in [6.45, 7) is -0.594. The number of unbranched alkanes of at least 4 members (excludes halogenated alkanes) is 20. The second kappa shape index (κ2) is 55.2. The SMILES string of the molecule is CCCCCCCCCCCCCCCC(O)C(COC1OC(CO)C(OC2OC(CO)C(OC3OC(CO)C(O)C(O)C3CC(C)=O)C(OC3(C(=O)O)CC(O)C(NC(C)=O)C(C(O)C(CO)OC4(C(=O)O)CC(O)C(NC(C)=O)C(C(O)C(CO)OC5(C(=O)O)CC(O)C(NC(C)=O)C(C(O)C(O)CO)O5)O4)O3)C2O)C(O)C1O)NC(=O)CCCCCCCCCCC. The van der Waals surface area contributed by atoms with Crippen molar-refractivity contribution in [3.05, 3.63) is 0 Å². The Morgan fingerprint density at radius 3 is 1.20 bits per heavy atom. The molecule has 0 spiro atoms. The number of rotatable bonds is 59. The predicted molar refractivity (Wildman–Crippen MR) is 442 cm³/mol. The van der Waals surface area contributed by atoms with Gasteiger partial charge in [-0.05, 0) is 19.8 Å². The lowest BCUT2D eigenvalue weighted by atomic mass is 9.86. The summed E-state index contributed by atoms with van der Waals surface area (Å²) in [6, 6.07) is -7.19. The molecule has 0 aromatic rings. The number of aliphatic hydroxyl groups excluding tert-OH is 19. The maximum absolute atomic E-state index is 14.4. The van der Waals surface area contributed by atoms with Crippen molar-refractivity contribution in [3.63, 3.8) is 0 Å². The van der Waals surface area contributed by atoms with Crippen molar-refractivity contribution in [2.75, 3.05) is 46.2 Å². The van der Waals surface area contributed by atoms with Crippen LogP contribution in [0.15, 0.2) is 0 Å². The number of amides is 4. The van der Waals surface area contributed by atoms with Crippen molar-refractivity contribution < 1.29 is 208 Å². The third-order valence-corrected chi connectivity index (χ3v) is 24.6. The van der Waals surface area contributed by atoms with Crippen LogP contribution in [0, 0.1) is 5.92 Å². The summed E-state index contributed by atoms with van der Waals surface area (Å²) in [5.41, 5.74) is 0. The smallest absolute Gasteiger partial charge is 0.364 e. The van der Waals surface area contributed by atoms with Crippen molar-refractivity contribution >= 4 is 47.3 Å². The average molecular weight is 1880 g/mol. The molecule has 6 rings (SSSR count). The fourth-order valence-corrected chi connectivity index (χ4v) is 17.5. The zero-order valence-electron chi connectivity index (χ0n) is 74.7.